The topological polar surface area (TPSA) is 83.8 Å². The van der Waals surface area contributed by atoms with Gasteiger partial charge in [0.05, 0.1) is 6.42 Å². The SMILES string of the molecule is O=C(O)Cc1ccc(OC(CCCS)C(=O)O)cc1. The maximum absolute atomic E-state index is 11.0. The lowest BCUT2D eigenvalue weighted by Crippen LogP contribution is -2.27. The van der Waals surface area contributed by atoms with Crippen molar-refractivity contribution < 1.29 is 24.5 Å². The van der Waals surface area contributed by atoms with Crippen molar-refractivity contribution in [3.8, 4) is 5.75 Å². The van der Waals surface area contributed by atoms with Crippen molar-refractivity contribution in [2.24, 2.45) is 0 Å². The summed E-state index contributed by atoms with van der Waals surface area (Å²) in [4.78, 5) is 21.5. The smallest absolute Gasteiger partial charge is 0.344 e. The molecule has 1 aromatic rings. The summed E-state index contributed by atoms with van der Waals surface area (Å²) in [7, 11) is 0. The molecule has 1 aromatic carbocycles. The van der Waals surface area contributed by atoms with Crippen LogP contribution in [0.2, 0.25) is 0 Å². The van der Waals surface area contributed by atoms with E-state index in [0.717, 1.165) is 0 Å². The monoisotopic (exact) mass is 284 g/mol. The molecule has 0 radical (unpaired) electrons. The van der Waals surface area contributed by atoms with Gasteiger partial charge in [-0.3, -0.25) is 4.79 Å². The van der Waals surface area contributed by atoms with Crippen molar-refractivity contribution in [2.45, 2.75) is 25.4 Å². The number of hydrogen-bond donors (Lipinski definition) is 3. The first kappa shape index (κ1) is 15.4. The molecule has 5 nitrogen and oxygen atoms in total. The van der Waals surface area contributed by atoms with Crippen LogP contribution in [-0.4, -0.2) is 34.0 Å². The summed E-state index contributed by atoms with van der Waals surface area (Å²) in [5.41, 5.74) is 0.641. The number of carboxylic acids is 2. The van der Waals surface area contributed by atoms with Crippen LogP contribution in [0, 0.1) is 0 Å². The van der Waals surface area contributed by atoms with Crippen LogP contribution in [0.3, 0.4) is 0 Å². The normalized spacial score (nSPS) is 11.8. The second-order valence-electron chi connectivity index (χ2n) is 4.03. The molecule has 1 atom stereocenters. The lowest BCUT2D eigenvalue weighted by atomic mass is 10.1. The standard InChI is InChI=1S/C13H16O5S/c14-12(15)8-9-3-5-10(6-4-9)18-11(13(16)17)2-1-7-19/h3-6,11,19H,1-2,7-8H2,(H,14,15)(H,16,17). The predicted octanol–water partition coefficient (Wildman–Crippen LogP) is 1.86. The molecule has 0 heterocycles. The highest BCUT2D eigenvalue weighted by molar-refractivity contribution is 7.80. The first-order valence-corrected chi connectivity index (χ1v) is 6.47. The Morgan fingerprint density at radius 2 is 1.84 bits per heavy atom. The van der Waals surface area contributed by atoms with E-state index in [1.807, 2.05) is 0 Å². The van der Waals surface area contributed by atoms with Gasteiger partial charge in [-0.05, 0) is 36.3 Å². The summed E-state index contributed by atoms with van der Waals surface area (Å²) < 4.78 is 5.36. The highest BCUT2D eigenvalue weighted by Gasteiger charge is 2.18. The second kappa shape index (κ2) is 7.68. The molecule has 0 aliphatic rings. The molecule has 6 heteroatoms. The Balaban J connectivity index is 2.64. The zero-order valence-corrected chi connectivity index (χ0v) is 11.2. The number of rotatable bonds is 8. The van der Waals surface area contributed by atoms with Gasteiger partial charge in [0, 0.05) is 0 Å². The van der Waals surface area contributed by atoms with Gasteiger partial charge in [-0.15, -0.1) is 0 Å². The first-order chi connectivity index (χ1) is 9.02. The minimum Gasteiger partial charge on any atom is -0.481 e. The first-order valence-electron chi connectivity index (χ1n) is 5.84. The van der Waals surface area contributed by atoms with Gasteiger partial charge in [0.2, 0.25) is 0 Å². The minimum absolute atomic E-state index is 0.0672. The number of thiol groups is 1. The third-order valence-corrected chi connectivity index (χ3v) is 2.77. The van der Waals surface area contributed by atoms with Gasteiger partial charge in [0.1, 0.15) is 5.75 Å². The number of benzene rings is 1. The fourth-order valence-electron chi connectivity index (χ4n) is 1.53. The van der Waals surface area contributed by atoms with Crippen LogP contribution in [0.25, 0.3) is 0 Å². The van der Waals surface area contributed by atoms with Crippen LogP contribution >= 0.6 is 12.6 Å². The zero-order valence-electron chi connectivity index (χ0n) is 10.3. The van der Waals surface area contributed by atoms with Crippen LogP contribution in [0.5, 0.6) is 5.75 Å². The summed E-state index contributed by atoms with van der Waals surface area (Å²) in [5, 5.41) is 17.6. The van der Waals surface area contributed by atoms with Crippen molar-refractivity contribution in [1.82, 2.24) is 0 Å². The largest absolute Gasteiger partial charge is 0.481 e. The molecular formula is C13H16O5S. The van der Waals surface area contributed by atoms with E-state index in [1.165, 1.54) is 0 Å². The zero-order chi connectivity index (χ0) is 14.3. The van der Waals surface area contributed by atoms with Crippen molar-refractivity contribution in [1.29, 1.82) is 0 Å². The quantitative estimate of drug-likeness (QED) is 0.635. The number of aliphatic carboxylic acids is 2. The number of hydrogen-bond acceptors (Lipinski definition) is 4. The van der Waals surface area contributed by atoms with E-state index in [9.17, 15) is 9.59 Å². The summed E-state index contributed by atoms with van der Waals surface area (Å²) in [5.74, 6) is -0.909. The van der Waals surface area contributed by atoms with Gasteiger partial charge in [0.25, 0.3) is 0 Å². The molecule has 0 spiro atoms. The molecule has 1 unspecified atom stereocenters. The Morgan fingerprint density at radius 1 is 1.21 bits per heavy atom. The highest BCUT2D eigenvalue weighted by Crippen LogP contribution is 2.16. The molecule has 104 valence electrons. The Bertz CT molecular complexity index is 429. The average molecular weight is 284 g/mol. The lowest BCUT2D eigenvalue weighted by Gasteiger charge is -2.14. The van der Waals surface area contributed by atoms with Crippen LogP contribution in [0.15, 0.2) is 24.3 Å². The van der Waals surface area contributed by atoms with Crippen LogP contribution in [0.4, 0.5) is 0 Å². The summed E-state index contributed by atoms with van der Waals surface area (Å²) >= 11 is 4.03. The Labute approximate surface area is 116 Å². The summed E-state index contributed by atoms with van der Waals surface area (Å²) in [6.45, 7) is 0. The van der Waals surface area contributed by atoms with Crippen LogP contribution < -0.4 is 4.74 Å². The fourth-order valence-corrected chi connectivity index (χ4v) is 1.72. The molecule has 2 N–H and O–H groups in total. The van der Waals surface area contributed by atoms with Gasteiger partial charge in [-0.25, -0.2) is 4.79 Å². The van der Waals surface area contributed by atoms with Crippen molar-refractivity contribution in [3.63, 3.8) is 0 Å². The third-order valence-electron chi connectivity index (χ3n) is 2.46. The highest BCUT2D eigenvalue weighted by atomic mass is 32.1. The Kier molecular flexibility index (Phi) is 6.21. The number of ether oxygens (including phenoxy) is 1. The Hall–Kier alpha value is -1.69. The molecule has 19 heavy (non-hydrogen) atoms. The van der Waals surface area contributed by atoms with Gasteiger partial charge < -0.3 is 14.9 Å². The molecule has 0 aromatic heterocycles. The van der Waals surface area contributed by atoms with Crippen molar-refractivity contribution in [2.75, 3.05) is 5.75 Å². The molecule has 1 rings (SSSR count). The molecule has 0 fully saturated rings. The summed E-state index contributed by atoms with van der Waals surface area (Å²) in [6, 6.07) is 6.38. The van der Waals surface area contributed by atoms with Crippen LogP contribution in [-0.2, 0) is 16.0 Å². The molecule has 0 bridgehead atoms. The molecule has 0 aliphatic heterocycles. The van der Waals surface area contributed by atoms with E-state index >= 15 is 0 Å². The third kappa shape index (κ3) is 5.65. The van der Waals surface area contributed by atoms with E-state index in [2.05, 4.69) is 12.6 Å². The molecule has 0 saturated heterocycles. The molecule has 0 aliphatic carbocycles. The minimum atomic E-state index is -1.02. The number of carbonyl (C=O) groups is 2. The maximum Gasteiger partial charge on any atom is 0.344 e. The van der Waals surface area contributed by atoms with Crippen LogP contribution in [0.1, 0.15) is 18.4 Å². The van der Waals surface area contributed by atoms with E-state index in [1.54, 1.807) is 24.3 Å². The van der Waals surface area contributed by atoms with Gasteiger partial charge in [0.15, 0.2) is 6.10 Å². The average Bonchev–Trinajstić information content (AvgIpc) is 2.35. The van der Waals surface area contributed by atoms with E-state index in [4.69, 9.17) is 14.9 Å². The van der Waals surface area contributed by atoms with Gasteiger partial charge in [-0.2, -0.15) is 12.6 Å². The van der Waals surface area contributed by atoms with Gasteiger partial charge in [-0.1, -0.05) is 12.1 Å². The number of carboxylic acid groups (broad SMARTS) is 2. The van der Waals surface area contributed by atoms with Crippen molar-refractivity contribution in [3.05, 3.63) is 29.8 Å². The van der Waals surface area contributed by atoms with E-state index < -0.39 is 18.0 Å². The second-order valence-corrected chi connectivity index (χ2v) is 4.47. The lowest BCUT2D eigenvalue weighted by molar-refractivity contribution is -0.145. The fraction of sp³-hybridized carbons (Fsp3) is 0.385. The maximum atomic E-state index is 11.0. The van der Waals surface area contributed by atoms with Crippen molar-refractivity contribution >= 4 is 24.6 Å². The van der Waals surface area contributed by atoms with E-state index in [-0.39, 0.29) is 6.42 Å². The molecule has 0 amide bonds. The summed E-state index contributed by atoms with van der Waals surface area (Å²) in [6.07, 6.45) is 0.0623. The predicted molar refractivity (Wildman–Crippen MR) is 72.9 cm³/mol. The Morgan fingerprint density at radius 3 is 2.32 bits per heavy atom. The van der Waals surface area contributed by atoms with Gasteiger partial charge >= 0.3 is 11.9 Å². The van der Waals surface area contributed by atoms with E-state index in [0.29, 0.717) is 29.9 Å². The molecule has 0 saturated carbocycles. The molecular weight excluding hydrogens is 268 g/mol.